The summed E-state index contributed by atoms with van der Waals surface area (Å²) < 4.78 is 31.7. The number of carboxylic acid groups (broad SMARTS) is 1. The number of alkyl halides is 3. The van der Waals surface area contributed by atoms with Gasteiger partial charge < -0.3 is 10.4 Å². The molecule has 0 aromatic heterocycles. The van der Waals surface area contributed by atoms with E-state index in [-0.39, 0.29) is 0 Å². The molecular weight excluding hydrogens is 271 g/mol. The standard InChI is InChI=1S/C12H17N.C2HF3O2/c1-9-4-3-5-10(6-9)11-7-12(8-11)13-2;3-2(4,5)1(6)7/h3-6,11-13H,7-8H2,1-2H3;(H,6,7). The molecule has 0 aliphatic heterocycles. The van der Waals surface area contributed by atoms with E-state index in [9.17, 15) is 13.2 Å². The number of carboxylic acids is 1. The zero-order valence-corrected chi connectivity index (χ0v) is 11.4. The fourth-order valence-electron chi connectivity index (χ4n) is 2.05. The predicted molar refractivity (Wildman–Crippen MR) is 69.7 cm³/mol. The van der Waals surface area contributed by atoms with Gasteiger partial charge >= 0.3 is 12.1 Å². The molecule has 0 unspecified atom stereocenters. The molecule has 1 aliphatic rings. The minimum Gasteiger partial charge on any atom is -0.475 e. The Kier molecular flexibility index (Phi) is 5.56. The third-order valence-electron chi connectivity index (χ3n) is 3.30. The van der Waals surface area contributed by atoms with E-state index in [1.165, 1.54) is 24.0 Å². The summed E-state index contributed by atoms with van der Waals surface area (Å²) in [6.45, 7) is 2.16. The molecule has 2 N–H and O–H groups in total. The van der Waals surface area contributed by atoms with Crippen molar-refractivity contribution < 1.29 is 23.1 Å². The molecule has 112 valence electrons. The number of carbonyl (C=O) groups is 1. The van der Waals surface area contributed by atoms with E-state index >= 15 is 0 Å². The summed E-state index contributed by atoms with van der Waals surface area (Å²) in [6.07, 6.45) is -2.47. The van der Waals surface area contributed by atoms with Crippen molar-refractivity contribution in [3.05, 3.63) is 35.4 Å². The average molecular weight is 289 g/mol. The van der Waals surface area contributed by atoms with E-state index in [1.54, 1.807) is 0 Å². The van der Waals surface area contributed by atoms with Crippen LogP contribution in [0.2, 0.25) is 0 Å². The molecule has 1 aromatic carbocycles. The molecule has 1 saturated carbocycles. The average Bonchev–Trinajstić information content (AvgIpc) is 2.27. The maximum Gasteiger partial charge on any atom is 0.490 e. The lowest BCUT2D eigenvalue weighted by molar-refractivity contribution is -0.192. The molecular formula is C14H18F3NO2. The Bertz CT molecular complexity index is 454. The van der Waals surface area contributed by atoms with Crippen LogP contribution in [0.15, 0.2) is 24.3 Å². The summed E-state index contributed by atoms with van der Waals surface area (Å²) >= 11 is 0. The molecule has 0 bridgehead atoms. The van der Waals surface area contributed by atoms with Crippen molar-refractivity contribution in [3.8, 4) is 0 Å². The van der Waals surface area contributed by atoms with Crippen LogP contribution in [0.4, 0.5) is 13.2 Å². The Hall–Kier alpha value is -1.56. The molecule has 0 saturated heterocycles. The molecule has 1 fully saturated rings. The molecule has 1 aromatic rings. The largest absolute Gasteiger partial charge is 0.490 e. The van der Waals surface area contributed by atoms with Crippen molar-refractivity contribution in [3.63, 3.8) is 0 Å². The van der Waals surface area contributed by atoms with Gasteiger partial charge in [0.2, 0.25) is 0 Å². The van der Waals surface area contributed by atoms with Gasteiger partial charge in [-0.25, -0.2) is 4.79 Å². The first kappa shape index (κ1) is 16.5. The lowest BCUT2D eigenvalue weighted by Crippen LogP contribution is -2.37. The van der Waals surface area contributed by atoms with Gasteiger partial charge in [0.15, 0.2) is 0 Å². The summed E-state index contributed by atoms with van der Waals surface area (Å²) in [5.74, 6) is -1.95. The quantitative estimate of drug-likeness (QED) is 0.879. The fraction of sp³-hybridized carbons (Fsp3) is 0.500. The molecule has 20 heavy (non-hydrogen) atoms. The van der Waals surface area contributed by atoms with E-state index in [0.29, 0.717) is 0 Å². The van der Waals surface area contributed by atoms with Crippen LogP contribution in [-0.2, 0) is 4.79 Å². The van der Waals surface area contributed by atoms with Crippen LogP contribution in [0, 0.1) is 6.92 Å². The van der Waals surface area contributed by atoms with Crippen LogP contribution >= 0.6 is 0 Å². The van der Waals surface area contributed by atoms with Gasteiger partial charge in [-0.2, -0.15) is 13.2 Å². The highest BCUT2D eigenvalue weighted by Gasteiger charge is 2.38. The van der Waals surface area contributed by atoms with E-state index in [0.717, 1.165) is 12.0 Å². The number of hydrogen-bond acceptors (Lipinski definition) is 2. The van der Waals surface area contributed by atoms with Gasteiger partial charge in [-0.3, -0.25) is 0 Å². The van der Waals surface area contributed by atoms with Crippen LogP contribution in [-0.4, -0.2) is 30.3 Å². The summed E-state index contributed by atoms with van der Waals surface area (Å²) in [5.41, 5.74) is 2.90. The molecule has 0 heterocycles. The van der Waals surface area contributed by atoms with Crippen LogP contribution < -0.4 is 5.32 Å². The molecule has 0 radical (unpaired) electrons. The minimum absolute atomic E-state index is 0.755. The van der Waals surface area contributed by atoms with Gasteiger partial charge in [0, 0.05) is 6.04 Å². The topological polar surface area (TPSA) is 49.3 Å². The molecule has 2 rings (SSSR count). The Morgan fingerprint density at radius 3 is 2.30 bits per heavy atom. The third kappa shape index (κ3) is 4.85. The van der Waals surface area contributed by atoms with Gasteiger partial charge in [-0.15, -0.1) is 0 Å². The summed E-state index contributed by atoms with van der Waals surface area (Å²) in [6, 6.07) is 9.65. The van der Waals surface area contributed by atoms with E-state index < -0.39 is 12.1 Å². The van der Waals surface area contributed by atoms with E-state index in [2.05, 4.69) is 43.6 Å². The molecule has 3 nitrogen and oxygen atoms in total. The maximum atomic E-state index is 10.6. The SMILES string of the molecule is CNC1CC(c2cccc(C)c2)C1.O=C(O)C(F)(F)F. The van der Waals surface area contributed by atoms with Crippen molar-refractivity contribution in [2.24, 2.45) is 0 Å². The van der Waals surface area contributed by atoms with Gasteiger partial charge in [0.05, 0.1) is 0 Å². The second-order valence-corrected chi connectivity index (χ2v) is 4.87. The van der Waals surface area contributed by atoms with E-state index in [1.807, 2.05) is 0 Å². The highest BCUT2D eigenvalue weighted by Crippen LogP contribution is 2.36. The zero-order valence-electron chi connectivity index (χ0n) is 11.4. The molecule has 0 atom stereocenters. The Balaban J connectivity index is 0.000000246. The van der Waals surface area contributed by atoms with Crippen LogP contribution in [0.5, 0.6) is 0 Å². The Labute approximate surface area is 115 Å². The predicted octanol–water partition coefficient (Wildman–Crippen LogP) is 3.09. The van der Waals surface area contributed by atoms with Gasteiger partial charge in [-0.05, 0) is 38.3 Å². The minimum atomic E-state index is -5.08. The molecule has 0 spiro atoms. The number of nitrogens with one attached hydrogen (secondary N) is 1. The van der Waals surface area contributed by atoms with Crippen molar-refractivity contribution in [2.75, 3.05) is 7.05 Å². The molecule has 1 aliphatic carbocycles. The van der Waals surface area contributed by atoms with Crippen molar-refractivity contribution in [1.29, 1.82) is 0 Å². The first-order chi connectivity index (χ1) is 9.24. The van der Waals surface area contributed by atoms with Gasteiger partial charge in [-0.1, -0.05) is 29.8 Å². The first-order valence-electron chi connectivity index (χ1n) is 6.28. The third-order valence-corrected chi connectivity index (χ3v) is 3.30. The molecule has 0 amide bonds. The second kappa shape index (κ2) is 6.74. The second-order valence-electron chi connectivity index (χ2n) is 4.87. The highest BCUT2D eigenvalue weighted by atomic mass is 19.4. The lowest BCUT2D eigenvalue weighted by Gasteiger charge is -2.35. The van der Waals surface area contributed by atoms with Crippen molar-refractivity contribution >= 4 is 5.97 Å². The van der Waals surface area contributed by atoms with Gasteiger partial charge in [0.25, 0.3) is 0 Å². The smallest absolute Gasteiger partial charge is 0.475 e. The van der Waals surface area contributed by atoms with Gasteiger partial charge in [0.1, 0.15) is 0 Å². The first-order valence-corrected chi connectivity index (χ1v) is 6.28. The van der Waals surface area contributed by atoms with Crippen molar-refractivity contribution in [1.82, 2.24) is 5.32 Å². The van der Waals surface area contributed by atoms with Crippen molar-refractivity contribution in [2.45, 2.75) is 37.9 Å². The zero-order chi connectivity index (χ0) is 15.3. The fourth-order valence-corrected chi connectivity index (χ4v) is 2.05. The maximum absolute atomic E-state index is 10.6. The number of halogens is 3. The van der Waals surface area contributed by atoms with E-state index in [4.69, 9.17) is 9.90 Å². The summed E-state index contributed by atoms with van der Waals surface area (Å²) in [5, 5.41) is 10.4. The number of rotatable bonds is 2. The summed E-state index contributed by atoms with van der Waals surface area (Å²) in [4.78, 5) is 8.90. The number of aliphatic carboxylic acids is 1. The Morgan fingerprint density at radius 2 is 1.90 bits per heavy atom. The van der Waals surface area contributed by atoms with Crippen LogP contribution in [0.25, 0.3) is 0 Å². The molecule has 6 heteroatoms. The number of benzene rings is 1. The number of aryl methyl sites for hydroxylation is 1. The van der Waals surface area contributed by atoms with Crippen LogP contribution in [0.3, 0.4) is 0 Å². The highest BCUT2D eigenvalue weighted by molar-refractivity contribution is 5.73. The summed E-state index contributed by atoms with van der Waals surface area (Å²) in [7, 11) is 2.05. The normalized spacial score (nSPS) is 21.4. The Morgan fingerprint density at radius 1 is 1.35 bits per heavy atom. The number of hydrogen-bond donors (Lipinski definition) is 2. The lowest BCUT2D eigenvalue weighted by atomic mass is 9.76. The monoisotopic (exact) mass is 289 g/mol. The van der Waals surface area contributed by atoms with Crippen LogP contribution in [0.1, 0.15) is 29.9 Å².